The average Bonchev–Trinajstić information content (AvgIpc) is 2.07. The van der Waals surface area contributed by atoms with Crippen LogP contribution in [0.5, 0.6) is 0 Å². The maximum absolute atomic E-state index is 9.79. The Morgan fingerprint density at radius 2 is 2.00 bits per heavy atom. The van der Waals surface area contributed by atoms with Crippen LogP contribution in [0.15, 0.2) is 5.18 Å². The van der Waals surface area contributed by atoms with Crippen molar-refractivity contribution < 1.29 is 14.6 Å². The van der Waals surface area contributed by atoms with Crippen LogP contribution in [0, 0.1) is 4.91 Å². The van der Waals surface area contributed by atoms with Gasteiger partial charge in [0.25, 0.3) is 0 Å². The lowest BCUT2D eigenvalue weighted by atomic mass is 10.3. The summed E-state index contributed by atoms with van der Waals surface area (Å²) < 4.78 is 10.3. The zero-order valence-electron chi connectivity index (χ0n) is 6.10. The molecule has 1 N–H and O–H groups in total. The summed E-state index contributed by atoms with van der Waals surface area (Å²) in [6.07, 6.45) is -0.465. The zero-order chi connectivity index (χ0) is 8.10. The fourth-order valence-electron chi connectivity index (χ4n) is 0.877. The maximum atomic E-state index is 9.79. The van der Waals surface area contributed by atoms with E-state index in [-0.39, 0.29) is 25.4 Å². The summed E-state index contributed by atoms with van der Waals surface area (Å²) in [4.78, 5) is 9.79. The van der Waals surface area contributed by atoms with E-state index in [0.29, 0.717) is 13.2 Å². The van der Waals surface area contributed by atoms with Crippen LogP contribution >= 0.6 is 0 Å². The molecule has 0 aliphatic carbocycles. The number of ether oxygens (including phenoxy) is 2. The van der Waals surface area contributed by atoms with E-state index < -0.39 is 0 Å². The van der Waals surface area contributed by atoms with Gasteiger partial charge in [0.1, 0.15) is 18.8 Å². The number of aliphatic hydroxyl groups is 1. The quantitative estimate of drug-likeness (QED) is 0.568. The highest BCUT2D eigenvalue weighted by atomic mass is 16.6. The highest BCUT2D eigenvalue weighted by Gasteiger charge is 2.21. The molecule has 0 radical (unpaired) electrons. The van der Waals surface area contributed by atoms with Crippen molar-refractivity contribution in [3.05, 3.63) is 4.91 Å². The summed E-state index contributed by atoms with van der Waals surface area (Å²) in [5, 5.41) is 11.3. The zero-order valence-corrected chi connectivity index (χ0v) is 6.10. The van der Waals surface area contributed by atoms with Gasteiger partial charge in [-0.25, -0.2) is 0 Å². The molecule has 0 amide bonds. The summed E-state index contributed by atoms with van der Waals surface area (Å²) in [5.74, 6) is 0. The van der Waals surface area contributed by atoms with Gasteiger partial charge < -0.3 is 14.6 Å². The van der Waals surface area contributed by atoms with Gasteiger partial charge in [0.15, 0.2) is 0 Å². The lowest BCUT2D eigenvalue weighted by molar-refractivity contribution is -0.141. The molecule has 1 fully saturated rings. The van der Waals surface area contributed by atoms with Crippen molar-refractivity contribution in [1.29, 1.82) is 0 Å². The Balaban J connectivity index is 2.18. The number of nitrogens with zero attached hydrogens (tertiary/aromatic N) is 1. The molecule has 2 atom stereocenters. The lowest BCUT2D eigenvalue weighted by Crippen LogP contribution is -2.38. The van der Waals surface area contributed by atoms with Crippen LogP contribution in [-0.2, 0) is 9.47 Å². The molecule has 5 nitrogen and oxygen atoms in total. The van der Waals surface area contributed by atoms with Crippen LogP contribution in [0.1, 0.15) is 0 Å². The second-order valence-electron chi connectivity index (χ2n) is 2.40. The minimum atomic E-state index is -0.238. The van der Waals surface area contributed by atoms with Crippen LogP contribution in [0.4, 0.5) is 0 Å². The molecular formula is C6H11NO4. The number of aliphatic hydroxyl groups excluding tert-OH is 1. The fourth-order valence-corrected chi connectivity index (χ4v) is 0.877. The first-order valence-electron chi connectivity index (χ1n) is 3.50. The maximum Gasteiger partial charge on any atom is 0.110 e. The van der Waals surface area contributed by atoms with Crippen LogP contribution in [0.25, 0.3) is 0 Å². The number of rotatable bonds is 3. The smallest absolute Gasteiger partial charge is 0.110 e. The van der Waals surface area contributed by atoms with Gasteiger partial charge >= 0.3 is 0 Å². The largest absolute Gasteiger partial charge is 0.394 e. The summed E-state index contributed by atoms with van der Waals surface area (Å²) in [7, 11) is 0. The second kappa shape index (κ2) is 4.38. The summed E-state index contributed by atoms with van der Waals surface area (Å²) in [6.45, 7) is 0.771. The SMILES string of the molecule is O=NCC1COC(CO)CO1. The Kier molecular flexibility index (Phi) is 3.41. The first-order chi connectivity index (χ1) is 5.36. The topological polar surface area (TPSA) is 68.1 Å². The summed E-state index contributed by atoms with van der Waals surface area (Å²) in [6, 6.07) is 0. The van der Waals surface area contributed by atoms with Gasteiger partial charge in [-0.3, -0.25) is 0 Å². The van der Waals surface area contributed by atoms with E-state index in [9.17, 15) is 4.91 Å². The Hall–Kier alpha value is -0.520. The van der Waals surface area contributed by atoms with Crippen molar-refractivity contribution in [3.8, 4) is 0 Å². The summed E-state index contributed by atoms with van der Waals surface area (Å²) >= 11 is 0. The molecule has 1 rings (SSSR count). The molecule has 1 aliphatic rings. The first kappa shape index (κ1) is 8.58. The van der Waals surface area contributed by atoms with E-state index >= 15 is 0 Å². The van der Waals surface area contributed by atoms with Crippen molar-refractivity contribution in [2.45, 2.75) is 12.2 Å². The predicted molar refractivity (Wildman–Crippen MR) is 37.2 cm³/mol. The molecule has 0 saturated carbocycles. The molecule has 0 aromatic carbocycles. The Bertz CT molecular complexity index is 122. The Morgan fingerprint density at radius 1 is 1.36 bits per heavy atom. The second-order valence-corrected chi connectivity index (χ2v) is 2.40. The minimum absolute atomic E-state index is 0.0404. The minimum Gasteiger partial charge on any atom is -0.394 e. The lowest BCUT2D eigenvalue weighted by Gasteiger charge is -2.26. The molecular weight excluding hydrogens is 150 g/mol. The van der Waals surface area contributed by atoms with E-state index in [1.54, 1.807) is 0 Å². The van der Waals surface area contributed by atoms with Crippen molar-refractivity contribution in [2.24, 2.45) is 5.18 Å². The normalized spacial score (nSPS) is 31.7. The van der Waals surface area contributed by atoms with Crippen molar-refractivity contribution in [3.63, 3.8) is 0 Å². The van der Waals surface area contributed by atoms with Gasteiger partial charge in [-0.2, -0.15) is 4.91 Å². The van der Waals surface area contributed by atoms with Crippen LogP contribution in [0.3, 0.4) is 0 Å². The van der Waals surface area contributed by atoms with Crippen molar-refractivity contribution >= 4 is 0 Å². The van der Waals surface area contributed by atoms with Gasteiger partial charge in [-0.1, -0.05) is 5.18 Å². The van der Waals surface area contributed by atoms with E-state index in [0.717, 1.165) is 0 Å². The molecule has 1 heterocycles. The van der Waals surface area contributed by atoms with Gasteiger partial charge in [0.05, 0.1) is 19.8 Å². The molecule has 0 bridgehead atoms. The molecule has 1 aliphatic heterocycles. The molecule has 0 spiro atoms. The molecule has 64 valence electrons. The highest BCUT2D eigenvalue weighted by Crippen LogP contribution is 2.06. The molecule has 1 saturated heterocycles. The van der Waals surface area contributed by atoms with E-state index in [1.165, 1.54) is 0 Å². The number of hydrogen-bond donors (Lipinski definition) is 1. The van der Waals surface area contributed by atoms with Gasteiger partial charge in [0.2, 0.25) is 0 Å². The monoisotopic (exact) mass is 161 g/mol. The van der Waals surface area contributed by atoms with Crippen molar-refractivity contribution in [1.82, 2.24) is 0 Å². The predicted octanol–water partition coefficient (Wildman–Crippen LogP) is -0.471. The molecule has 11 heavy (non-hydrogen) atoms. The Labute approximate surface area is 64.3 Å². The third kappa shape index (κ3) is 2.53. The highest BCUT2D eigenvalue weighted by molar-refractivity contribution is 4.68. The van der Waals surface area contributed by atoms with Gasteiger partial charge in [0, 0.05) is 0 Å². The van der Waals surface area contributed by atoms with Gasteiger partial charge in [-0.05, 0) is 0 Å². The molecule has 0 aromatic rings. The van der Waals surface area contributed by atoms with E-state index in [2.05, 4.69) is 5.18 Å². The number of nitroso groups, excluding NO2 is 1. The number of hydrogen-bond acceptors (Lipinski definition) is 5. The van der Waals surface area contributed by atoms with E-state index in [4.69, 9.17) is 14.6 Å². The average molecular weight is 161 g/mol. The first-order valence-corrected chi connectivity index (χ1v) is 3.50. The molecule has 2 unspecified atom stereocenters. The van der Waals surface area contributed by atoms with Crippen LogP contribution in [0.2, 0.25) is 0 Å². The standard InChI is InChI=1S/C6H11NO4/c8-2-6-4-10-5(1-7-9)3-11-6/h5-6,8H,1-4H2. The van der Waals surface area contributed by atoms with E-state index in [1.807, 2.05) is 0 Å². The third-order valence-electron chi connectivity index (χ3n) is 1.52. The third-order valence-corrected chi connectivity index (χ3v) is 1.52. The van der Waals surface area contributed by atoms with Crippen LogP contribution < -0.4 is 0 Å². The fraction of sp³-hybridized carbons (Fsp3) is 1.00. The molecule has 5 heteroatoms. The Morgan fingerprint density at radius 3 is 2.45 bits per heavy atom. The van der Waals surface area contributed by atoms with Gasteiger partial charge in [-0.15, -0.1) is 0 Å². The molecule has 0 aromatic heterocycles. The summed E-state index contributed by atoms with van der Waals surface area (Å²) in [5.41, 5.74) is 0. The van der Waals surface area contributed by atoms with Crippen LogP contribution in [-0.4, -0.2) is 43.7 Å². The van der Waals surface area contributed by atoms with Crippen molar-refractivity contribution in [2.75, 3.05) is 26.4 Å².